The Bertz CT molecular complexity index is 504. The maximum absolute atomic E-state index is 12.3. The predicted molar refractivity (Wildman–Crippen MR) is 89.2 cm³/mol. The van der Waals surface area contributed by atoms with E-state index in [4.69, 9.17) is 10.5 Å². The van der Waals surface area contributed by atoms with E-state index in [9.17, 15) is 4.79 Å². The molecule has 3 N–H and O–H groups in total. The quantitative estimate of drug-likeness (QED) is 0.817. The van der Waals surface area contributed by atoms with Gasteiger partial charge in [-0.25, -0.2) is 0 Å². The summed E-state index contributed by atoms with van der Waals surface area (Å²) in [5, 5.41) is 2.98. The van der Waals surface area contributed by atoms with E-state index in [2.05, 4.69) is 5.32 Å². The fourth-order valence-electron chi connectivity index (χ4n) is 3.82. The van der Waals surface area contributed by atoms with Gasteiger partial charge in [-0.05, 0) is 50.2 Å². The van der Waals surface area contributed by atoms with Crippen molar-refractivity contribution in [3.05, 3.63) is 29.8 Å². The fourth-order valence-corrected chi connectivity index (χ4v) is 3.82. The number of rotatable bonds is 5. The van der Waals surface area contributed by atoms with Crippen molar-refractivity contribution in [3.8, 4) is 5.75 Å². The summed E-state index contributed by atoms with van der Waals surface area (Å²) in [5.41, 5.74) is 7.39. The molecule has 2 aliphatic carbocycles. The number of fused-ring (bicyclic) bond motifs is 2. The minimum atomic E-state index is 0. The second kappa shape index (κ2) is 7.34. The van der Waals surface area contributed by atoms with Gasteiger partial charge in [0.15, 0.2) is 0 Å². The largest absolute Gasteiger partial charge is 0.492 e. The molecule has 2 bridgehead atoms. The fraction of sp³-hybridized carbons (Fsp3) is 0.588. The van der Waals surface area contributed by atoms with Crippen molar-refractivity contribution in [2.75, 3.05) is 13.2 Å². The van der Waals surface area contributed by atoms with Crippen LogP contribution >= 0.6 is 12.4 Å². The van der Waals surface area contributed by atoms with E-state index in [1.165, 1.54) is 12.0 Å². The van der Waals surface area contributed by atoms with Gasteiger partial charge in [0, 0.05) is 6.04 Å². The van der Waals surface area contributed by atoms with Crippen molar-refractivity contribution < 1.29 is 9.53 Å². The SMILES string of the molecule is Cc1ccc(OCCNC(=O)C2C3CCC(C3)C2N)cc1.Cl. The first-order valence-electron chi connectivity index (χ1n) is 7.88. The van der Waals surface area contributed by atoms with Gasteiger partial charge in [0.05, 0.1) is 12.5 Å². The van der Waals surface area contributed by atoms with Crippen LogP contribution in [0.3, 0.4) is 0 Å². The lowest BCUT2D eigenvalue weighted by Gasteiger charge is -2.27. The molecular formula is C17H25ClN2O2. The molecule has 122 valence electrons. The molecule has 0 saturated heterocycles. The summed E-state index contributed by atoms with van der Waals surface area (Å²) < 4.78 is 5.62. The van der Waals surface area contributed by atoms with Crippen molar-refractivity contribution in [3.63, 3.8) is 0 Å². The van der Waals surface area contributed by atoms with Crippen LogP contribution in [0.4, 0.5) is 0 Å². The Hall–Kier alpha value is -1.26. The molecule has 1 aromatic carbocycles. The van der Waals surface area contributed by atoms with Crippen LogP contribution in [0.5, 0.6) is 5.75 Å². The van der Waals surface area contributed by atoms with Crippen LogP contribution in [-0.2, 0) is 4.79 Å². The first kappa shape index (κ1) is 17.1. The number of ether oxygens (including phenoxy) is 1. The number of hydrogen-bond donors (Lipinski definition) is 2. The molecule has 0 radical (unpaired) electrons. The molecule has 2 saturated carbocycles. The maximum Gasteiger partial charge on any atom is 0.225 e. The molecule has 4 nitrogen and oxygen atoms in total. The van der Waals surface area contributed by atoms with E-state index < -0.39 is 0 Å². The lowest BCUT2D eigenvalue weighted by molar-refractivity contribution is -0.127. The van der Waals surface area contributed by atoms with Gasteiger partial charge in [0.25, 0.3) is 0 Å². The first-order chi connectivity index (χ1) is 10.1. The lowest BCUT2D eigenvalue weighted by atomic mass is 9.84. The molecule has 5 heteroatoms. The molecule has 4 unspecified atom stereocenters. The molecule has 0 aliphatic heterocycles. The van der Waals surface area contributed by atoms with Crippen LogP contribution in [0.1, 0.15) is 24.8 Å². The molecule has 2 aliphatic rings. The summed E-state index contributed by atoms with van der Waals surface area (Å²) in [6, 6.07) is 7.98. The Balaban J connectivity index is 0.00000176. The van der Waals surface area contributed by atoms with Crippen molar-refractivity contribution in [2.24, 2.45) is 23.5 Å². The van der Waals surface area contributed by atoms with Crippen molar-refractivity contribution >= 4 is 18.3 Å². The number of halogens is 1. The highest BCUT2D eigenvalue weighted by Crippen LogP contribution is 2.47. The average molecular weight is 325 g/mol. The minimum absolute atomic E-state index is 0. The zero-order valence-electron chi connectivity index (χ0n) is 13.0. The van der Waals surface area contributed by atoms with E-state index in [0.29, 0.717) is 25.0 Å². The van der Waals surface area contributed by atoms with Crippen molar-refractivity contribution in [1.82, 2.24) is 5.32 Å². The highest BCUT2D eigenvalue weighted by atomic mass is 35.5. The smallest absolute Gasteiger partial charge is 0.225 e. The van der Waals surface area contributed by atoms with Crippen molar-refractivity contribution in [2.45, 2.75) is 32.2 Å². The molecule has 4 atom stereocenters. The predicted octanol–water partition coefficient (Wildman–Crippen LogP) is 2.29. The van der Waals surface area contributed by atoms with Gasteiger partial charge in [-0.2, -0.15) is 0 Å². The zero-order chi connectivity index (χ0) is 14.8. The number of hydrogen-bond acceptors (Lipinski definition) is 3. The standard InChI is InChI=1S/C17H24N2O2.ClH/c1-11-2-6-14(7-3-11)21-9-8-19-17(20)15-12-4-5-13(10-12)16(15)18;/h2-3,6-7,12-13,15-16H,4-5,8-10,18H2,1H3,(H,19,20);1H. The molecule has 0 aromatic heterocycles. The van der Waals surface area contributed by atoms with E-state index in [1.807, 2.05) is 31.2 Å². The van der Waals surface area contributed by atoms with Crippen LogP contribution < -0.4 is 15.8 Å². The monoisotopic (exact) mass is 324 g/mol. The molecule has 3 rings (SSSR count). The average Bonchev–Trinajstić information content (AvgIpc) is 3.06. The van der Waals surface area contributed by atoms with Crippen molar-refractivity contribution in [1.29, 1.82) is 0 Å². The summed E-state index contributed by atoms with van der Waals surface area (Å²) in [7, 11) is 0. The van der Waals surface area contributed by atoms with Gasteiger partial charge >= 0.3 is 0 Å². The lowest BCUT2D eigenvalue weighted by Crippen LogP contribution is -2.46. The van der Waals surface area contributed by atoms with Gasteiger partial charge in [0.1, 0.15) is 12.4 Å². The van der Waals surface area contributed by atoms with Crippen LogP contribution in [0.2, 0.25) is 0 Å². The summed E-state index contributed by atoms with van der Waals surface area (Å²) in [5.74, 6) is 2.04. The third-order valence-corrected chi connectivity index (χ3v) is 4.97. The number of benzene rings is 1. The third kappa shape index (κ3) is 3.55. The van der Waals surface area contributed by atoms with E-state index in [1.54, 1.807) is 0 Å². The van der Waals surface area contributed by atoms with Crippen LogP contribution in [0, 0.1) is 24.7 Å². The second-order valence-corrected chi connectivity index (χ2v) is 6.39. The van der Waals surface area contributed by atoms with E-state index in [0.717, 1.165) is 18.6 Å². The molecular weight excluding hydrogens is 300 g/mol. The Morgan fingerprint density at radius 3 is 2.59 bits per heavy atom. The maximum atomic E-state index is 12.3. The van der Waals surface area contributed by atoms with E-state index in [-0.39, 0.29) is 30.3 Å². The number of amides is 1. The molecule has 1 amide bonds. The molecule has 0 heterocycles. The molecule has 1 aromatic rings. The van der Waals surface area contributed by atoms with Crippen LogP contribution in [-0.4, -0.2) is 25.1 Å². The van der Waals surface area contributed by atoms with Gasteiger partial charge in [0.2, 0.25) is 5.91 Å². The summed E-state index contributed by atoms with van der Waals surface area (Å²) in [6.07, 6.45) is 3.50. The van der Waals surface area contributed by atoms with Gasteiger partial charge in [-0.15, -0.1) is 12.4 Å². The Morgan fingerprint density at radius 1 is 1.27 bits per heavy atom. The van der Waals surface area contributed by atoms with Crippen LogP contribution in [0.15, 0.2) is 24.3 Å². The Kier molecular flexibility index (Phi) is 5.70. The van der Waals surface area contributed by atoms with Gasteiger partial charge in [-0.1, -0.05) is 17.7 Å². The van der Waals surface area contributed by atoms with Crippen LogP contribution in [0.25, 0.3) is 0 Å². The number of nitrogens with two attached hydrogens (primary N) is 1. The minimum Gasteiger partial charge on any atom is -0.492 e. The molecule has 22 heavy (non-hydrogen) atoms. The van der Waals surface area contributed by atoms with E-state index >= 15 is 0 Å². The topological polar surface area (TPSA) is 64.3 Å². The normalized spacial score (nSPS) is 29.0. The second-order valence-electron chi connectivity index (χ2n) is 6.39. The highest BCUT2D eigenvalue weighted by molar-refractivity contribution is 5.85. The number of carbonyl (C=O) groups is 1. The number of nitrogens with one attached hydrogen (secondary N) is 1. The summed E-state index contributed by atoms with van der Waals surface area (Å²) in [6.45, 7) is 3.07. The summed E-state index contributed by atoms with van der Waals surface area (Å²) >= 11 is 0. The molecule has 2 fully saturated rings. The first-order valence-corrected chi connectivity index (χ1v) is 7.88. The third-order valence-electron chi connectivity index (χ3n) is 4.97. The molecule has 0 spiro atoms. The summed E-state index contributed by atoms with van der Waals surface area (Å²) in [4.78, 5) is 12.3. The number of aryl methyl sites for hydroxylation is 1. The Labute approximate surface area is 138 Å². The zero-order valence-corrected chi connectivity index (χ0v) is 13.8. The Morgan fingerprint density at radius 2 is 1.95 bits per heavy atom. The van der Waals surface area contributed by atoms with Gasteiger partial charge < -0.3 is 15.8 Å². The highest BCUT2D eigenvalue weighted by Gasteiger charge is 2.48. The number of carbonyl (C=O) groups excluding carboxylic acids is 1. The van der Waals surface area contributed by atoms with Gasteiger partial charge in [-0.3, -0.25) is 4.79 Å².